The SMILES string of the molecule is N#CC1C[NH+](C(=O)OCC2c3ccccc3-c3ccccc32)CCO1. The molecule has 0 spiro atoms. The molecule has 2 aromatic rings. The van der Waals surface area contributed by atoms with Crippen LogP contribution in [0.15, 0.2) is 48.5 Å². The Morgan fingerprint density at radius 3 is 2.44 bits per heavy atom. The zero-order valence-corrected chi connectivity index (χ0v) is 13.8. The molecule has 2 aliphatic rings. The van der Waals surface area contributed by atoms with E-state index in [2.05, 4.69) is 30.3 Å². The number of fused-ring (bicyclic) bond motifs is 3. The molecule has 2 atom stereocenters. The van der Waals surface area contributed by atoms with Gasteiger partial charge in [-0.1, -0.05) is 48.5 Å². The number of nitriles is 1. The number of rotatable bonds is 2. The first-order valence-electron chi connectivity index (χ1n) is 8.49. The van der Waals surface area contributed by atoms with Crippen LogP contribution in [0.25, 0.3) is 11.1 Å². The van der Waals surface area contributed by atoms with Gasteiger partial charge < -0.3 is 9.47 Å². The number of ether oxygens (including phenoxy) is 2. The first-order valence-corrected chi connectivity index (χ1v) is 8.49. The van der Waals surface area contributed by atoms with Crippen molar-refractivity contribution in [3.05, 3.63) is 59.7 Å². The van der Waals surface area contributed by atoms with Crippen LogP contribution in [0.4, 0.5) is 4.79 Å². The van der Waals surface area contributed by atoms with E-state index in [1.807, 2.05) is 24.3 Å². The summed E-state index contributed by atoms with van der Waals surface area (Å²) < 4.78 is 10.9. The van der Waals surface area contributed by atoms with E-state index in [-0.39, 0.29) is 12.0 Å². The summed E-state index contributed by atoms with van der Waals surface area (Å²) in [6.45, 7) is 1.59. The number of nitrogens with one attached hydrogen (secondary N) is 1. The molecule has 5 heteroatoms. The molecule has 1 N–H and O–H groups in total. The standard InChI is InChI=1S/C20H18N2O3/c21-11-14-12-22(9-10-24-14)20(23)25-13-19-17-7-3-1-5-15(17)16-6-2-4-8-18(16)19/h1-8,14,19H,9-10,12-13H2/p+1. The summed E-state index contributed by atoms with van der Waals surface area (Å²) in [5.41, 5.74) is 4.82. The molecule has 126 valence electrons. The quantitative estimate of drug-likeness (QED) is 0.908. The van der Waals surface area contributed by atoms with Gasteiger partial charge in [0.2, 0.25) is 0 Å². The van der Waals surface area contributed by atoms with Crippen molar-refractivity contribution in [3.8, 4) is 17.2 Å². The van der Waals surface area contributed by atoms with Gasteiger partial charge in [0, 0.05) is 5.92 Å². The van der Waals surface area contributed by atoms with Crippen LogP contribution in [0.5, 0.6) is 0 Å². The Bertz CT molecular complexity index is 797. The van der Waals surface area contributed by atoms with E-state index in [0.717, 1.165) is 0 Å². The van der Waals surface area contributed by atoms with Crippen molar-refractivity contribution in [1.82, 2.24) is 0 Å². The molecule has 2 unspecified atom stereocenters. The van der Waals surface area contributed by atoms with Crippen molar-refractivity contribution in [1.29, 1.82) is 5.26 Å². The second-order valence-electron chi connectivity index (χ2n) is 6.37. The van der Waals surface area contributed by atoms with Crippen molar-refractivity contribution in [2.45, 2.75) is 12.0 Å². The van der Waals surface area contributed by atoms with Gasteiger partial charge in [-0.15, -0.1) is 0 Å². The molecule has 0 aromatic heterocycles. The van der Waals surface area contributed by atoms with E-state index >= 15 is 0 Å². The zero-order valence-electron chi connectivity index (χ0n) is 13.8. The maximum absolute atomic E-state index is 12.4. The van der Waals surface area contributed by atoms with Crippen molar-refractivity contribution < 1.29 is 19.2 Å². The number of morpholine rings is 1. The molecule has 1 saturated heterocycles. The minimum absolute atomic E-state index is 0.0588. The third-order valence-electron chi connectivity index (χ3n) is 4.93. The van der Waals surface area contributed by atoms with Crippen LogP contribution in [-0.2, 0) is 9.47 Å². The Labute approximate surface area is 146 Å². The molecule has 4 rings (SSSR count). The minimum atomic E-state index is -0.538. The summed E-state index contributed by atoms with van der Waals surface area (Å²) in [7, 11) is 0. The number of quaternary nitrogens is 1. The molecule has 2 aromatic carbocycles. The van der Waals surface area contributed by atoms with Gasteiger partial charge in [-0.05, 0) is 22.3 Å². The summed E-state index contributed by atoms with van der Waals surface area (Å²) in [5, 5.41) is 8.97. The van der Waals surface area contributed by atoms with E-state index in [4.69, 9.17) is 14.7 Å². The Hall–Kier alpha value is -2.68. The fourth-order valence-electron chi connectivity index (χ4n) is 3.68. The molecule has 0 bridgehead atoms. The van der Waals surface area contributed by atoms with E-state index < -0.39 is 6.10 Å². The van der Waals surface area contributed by atoms with Crippen LogP contribution in [0, 0.1) is 11.3 Å². The van der Waals surface area contributed by atoms with Crippen molar-refractivity contribution >= 4 is 6.09 Å². The van der Waals surface area contributed by atoms with Gasteiger partial charge in [-0.25, -0.2) is 4.90 Å². The van der Waals surface area contributed by atoms with Gasteiger partial charge in [0.05, 0.1) is 6.61 Å². The lowest BCUT2D eigenvalue weighted by Crippen LogP contribution is -3.17. The van der Waals surface area contributed by atoms with Crippen LogP contribution < -0.4 is 4.90 Å². The lowest BCUT2D eigenvalue weighted by Gasteiger charge is -2.24. The Kier molecular flexibility index (Phi) is 4.22. The first kappa shape index (κ1) is 15.8. The third kappa shape index (κ3) is 2.91. The number of nitrogens with zero attached hydrogens (tertiary/aromatic N) is 1. The van der Waals surface area contributed by atoms with Gasteiger partial charge in [0.25, 0.3) is 0 Å². The first-order chi connectivity index (χ1) is 12.3. The molecule has 1 aliphatic carbocycles. The Morgan fingerprint density at radius 2 is 1.80 bits per heavy atom. The molecular weight excluding hydrogens is 316 g/mol. The molecule has 1 fully saturated rings. The summed E-state index contributed by atoms with van der Waals surface area (Å²) >= 11 is 0. The molecule has 25 heavy (non-hydrogen) atoms. The molecular formula is C20H19N2O3+. The zero-order chi connectivity index (χ0) is 17.2. The number of hydrogen-bond donors (Lipinski definition) is 1. The summed E-state index contributed by atoms with van der Waals surface area (Å²) in [6.07, 6.45) is -0.838. The smallest absolute Gasteiger partial charge is 0.419 e. The number of carbonyl (C=O) groups is 1. The second-order valence-corrected chi connectivity index (χ2v) is 6.37. The average Bonchev–Trinajstić information content (AvgIpc) is 3.00. The van der Waals surface area contributed by atoms with Gasteiger partial charge in [0.1, 0.15) is 25.8 Å². The van der Waals surface area contributed by atoms with E-state index in [9.17, 15) is 4.79 Å². The van der Waals surface area contributed by atoms with Crippen molar-refractivity contribution in [2.24, 2.45) is 0 Å². The summed E-state index contributed by atoms with van der Waals surface area (Å²) in [6, 6.07) is 18.6. The summed E-state index contributed by atoms with van der Waals surface area (Å²) in [5.74, 6) is 0.0588. The largest absolute Gasteiger partial charge is 0.514 e. The molecule has 1 aliphatic heterocycles. The number of hydrogen-bond acceptors (Lipinski definition) is 4. The highest BCUT2D eigenvalue weighted by atomic mass is 16.6. The van der Waals surface area contributed by atoms with Crippen LogP contribution in [0.3, 0.4) is 0 Å². The van der Waals surface area contributed by atoms with Gasteiger partial charge in [-0.3, -0.25) is 0 Å². The summed E-state index contributed by atoms with van der Waals surface area (Å²) in [4.78, 5) is 13.1. The van der Waals surface area contributed by atoms with Crippen LogP contribution in [-0.4, -0.2) is 38.5 Å². The molecule has 1 heterocycles. The second kappa shape index (κ2) is 6.67. The van der Waals surface area contributed by atoms with Gasteiger partial charge in [0.15, 0.2) is 6.10 Å². The fourth-order valence-corrected chi connectivity index (χ4v) is 3.68. The number of benzene rings is 2. The van der Waals surface area contributed by atoms with Gasteiger partial charge in [-0.2, -0.15) is 10.1 Å². The van der Waals surface area contributed by atoms with E-state index in [1.165, 1.54) is 22.3 Å². The fraction of sp³-hybridized carbons (Fsp3) is 0.300. The average molecular weight is 335 g/mol. The topological polar surface area (TPSA) is 63.8 Å². The van der Waals surface area contributed by atoms with Crippen LogP contribution >= 0.6 is 0 Å². The number of alkyl carbamates (subject to hydrolysis) is 2. The molecule has 5 nitrogen and oxygen atoms in total. The number of amides is 1. The molecule has 0 saturated carbocycles. The third-order valence-corrected chi connectivity index (χ3v) is 4.93. The predicted octanol–water partition coefficient (Wildman–Crippen LogP) is 1.74. The monoisotopic (exact) mass is 335 g/mol. The van der Waals surface area contributed by atoms with Gasteiger partial charge >= 0.3 is 6.09 Å². The minimum Gasteiger partial charge on any atom is -0.419 e. The van der Waals surface area contributed by atoms with E-state index in [0.29, 0.717) is 31.2 Å². The van der Waals surface area contributed by atoms with Crippen LogP contribution in [0.2, 0.25) is 0 Å². The normalized spacial score (nSPS) is 21.9. The highest BCUT2D eigenvalue weighted by Crippen LogP contribution is 2.44. The van der Waals surface area contributed by atoms with Crippen LogP contribution in [0.1, 0.15) is 17.0 Å². The highest BCUT2D eigenvalue weighted by Gasteiger charge is 2.33. The lowest BCUT2D eigenvalue weighted by molar-refractivity contribution is -0.836. The maximum atomic E-state index is 12.4. The molecule has 1 amide bonds. The highest BCUT2D eigenvalue weighted by molar-refractivity contribution is 5.78. The Morgan fingerprint density at radius 1 is 1.16 bits per heavy atom. The number of carbonyl (C=O) groups excluding carboxylic acids is 1. The lowest BCUT2D eigenvalue weighted by atomic mass is 9.98. The molecule has 0 radical (unpaired) electrons. The predicted molar refractivity (Wildman–Crippen MR) is 91.1 cm³/mol. The maximum Gasteiger partial charge on any atom is 0.514 e. The Balaban J connectivity index is 1.50. The van der Waals surface area contributed by atoms with Crippen molar-refractivity contribution in [2.75, 3.05) is 26.3 Å². The van der Waals surface area contributed by atoms with Crippen molar-refractivity contribution in [3.63, 3.8) is 0 Å². The van der Waals surface area contributed by atoms with E-state index in [1.54, 1.807) is 0 Å².